The molecule has 30 heavy (non-hydrogen) atoms. The van der Waals surface area contributed by atoms with Crippen LogP contribution in [0.5, 0.6) is 11.5 Å². The second-order valence-corrected chi connectivity index (χ2v) is 7.40. The summed E-state index contributed by atoms with van der Waals surface area (Å²) in [6, 6.07) is 9.92. The molecule has 2 aromatic heterocycles. The molecule has 0 aliphatic carbocycles. The number of aromatic amines is 1. The summed E-state index contributed by atoms with van der Waals surface area (Å²) in [7, 11) is 0. The van der Waals surface area contributed by atoms with Gasteiger partial charge in [0.25, 0.3) is 11.6 Å². The molecule has 3 heterocycles. The normalized spacial score (nSPS) is 12.7. The molecule has 10 heteroatoms. The third kappa shape index (κ3) is 3.22. The highest BCUT2D eigenvalue weighted by Gasteiger charge is 2.18. The molecule has 0 saturated heterocycles. The molecular formula is C20H14N4O5S. The van der Waals surface area contributed by atoms with E-state index < -0.39 is 10.8 Å². The first-order valence-electron chi connectivity index (χ1n) is 9.01. The molecule has 0 fully saturated rings. The van der Waals surface area contributed by atoms with E-state index in [1.54, 1.807) is 6.07 Å². The fraction of sp³-hybridized carbons (Fsp3) is 0.100. The van der Waals surface area contributed by atoms with Crippen LogP contribution in [0.2, 0.25) is 0 Å². The number of benzene rings is 2. The van der Waals surface area contributed by atoms with Crippen molar-refractivity contribution in [2.45, 2.75) is 0 Å². The summed E-state index contributed by atoms with van der Waals surface area (Å²) in [5.74, 6) is 0.963. The summed E-state index contributed by atoms with van der Waals surface area (Å²) in [5, 5.41) is 16.5. The molecule has 2 N–H and O–H groups in total. The van der Waals surface area contributed by atoms with Crippen molar-refractivity contribution in [2.24, 2.45) is 0 Å². The Hall–Kier alpha value is -3.92. The number of anilines is 1. The maximum Gasteiger partial charge on any atom is 0.270 e. The SMILES string of the molecule is O=C(Nc1nc(-c2ccc3c(c2)OCCO3)cs1)c1c[nH]c2ccc([N+](=O)[O-])cc12. The van der Waals surface area contributed by atoms with Gasteiger partial charge in [-0.15, -0.1) is 11.3 Å². The van der Waals surface area contributed by atoms with Crippen LogP contribution in [0.1, 0.15) is 10.4 Å². The molecule has 0 atom stereocenters. The fourth-order valence-electron chi connectivity index (χ4n) is 3.24. The van der Waals surface area contributed by atoms with E-state index in [2.05, 4.69) is 15.3 Å². The van der Waals surface area contributed by atoms with Crippen molar-refractivity contribution in [3.05, 3.63) is 63.7 Å². The van der Waals surface area contributed by atoms with E-state index in [-0.39, 0.29) is 5.69 Å². The number of hydrogen-bond donors (Lipinski definition) is 2. The van der Waals surface area contributed by atoms with Crippen molar-refractivity contribution < 1.29 is 19.2 Å². The zero-order chi connectivity index (χ0) is 20.7. The molecule has 1 aliphatic heterocycles. The first kappa shape index (κ1) is 18.1. The smallest absolute Gasteiger partial charge is 0.270 e. The number of H-pyrrole nitrogens is 1. The Kier molecular flexibility index (Phi) is 4.32. The molecule has 0 radical (unpaired) electrons. The van der Waals surface area contributed by atoms with Crippen LogP contribution < -0.4 is 14.8 Å². The van der Waals surface area contributed by atoms with Crippen LogP contribution in [0.15, 0.2) is 48.0 Å². The van der Waals surface area contributed by atoms with Gasteiger partial charge in [-0.1, -0.05) is 0 Å². The van der Waals surface area contributed by atoms with Crippen LogP contribution in [0.25, 0.3) is 22.2 Å². The number of thiazole rings is 1. The zero-order valence-electron chi connectivity index (χ0n) is 15.4. The first-order valence-corrected chi connectivity index (χ1v) is 9.89. The molecule has 2 aromatic carbocycles. The predicted octanol–water partition coefficient (Wildman–Crippen LogP) is 4.22. The molecule has 0 saturated carbocycles. The molecule has 0 spiro atoms. The molecule has 150 valence electrons. The second-order valence-electron chi connectivity index (χ2n) is 6.54. The zero-order valence-corrected chi connectivity index (χ0v) is 16.2. The van der Waals surface area contributed by atoms with E-state index in [0.29, 0.717) is 52.0 Å². The van der Waals surface area contributed by atoms with Gasteiger partial charge in [0.15, 0.2) is 16.6 Å². The van der Waals surface area contributed by atoms with Gasteiger partial charge in [0.05, 0.1) is 16.2 Å². The summed E-state index contributed by atoms with van der Waals surface area (Å²) in [4.78, 5) is 30.7. The molecule has 0 unspecified atom stereocenters. The van der Waals surface area contributed by atoms with Gasteiger partial charge >= 0.3 is 0 Å². The molecule has 9 nitrogen and oxygen atoms in total. The molecule has 4 aromatic rings. The summed E-state index contributed by atoms with van der Waals surface area (Å²) in [5.41, 5.74) is 2.42. The van der Waals surface area contributed by atoms with Crippen molar-refractivity contribution in [3.8, 4) is 22.8 Å². The van der Waals surface area contributed by atoms with Gasteiger partial charge in [0.1, 0.15) is 13.2 Å². The van der Waals surface area contributed by atoms with Crippen molar-refractivity contribution in [3.63, 3.8) is 0 Å². The Morgan fingerprint density at radius 1 is 1.17 bits per heavy atom. The molecule has 5 rings (SSSR count). The molecular weight excluding hydrogens is 408 g/mol. The largest absolute Gasteiger partial charge is 0.486 e. The van der Waals surface area contributed by atoms with Crippen molar-refractivity contribution in [1.82, 2.24) is 9.97 Å². The van der Waals surface area contributed by atoms with Crippen LogP contribution >= 0.6 is 11.3 Å². The van der Waals surface area contributed by atoms with Gasteiger partial charge in [0, 0.05) is 40.2 Å². The number of nitro benzene ring substituents is 1. The maximum atomic E-state index is 12.7. The van der Waals surface area contributed by atoms with Crippen LogP contribution in [-0.4, -0.2) is 34.0 Å². The number of aromatic nitrogens is 2. The van der Waals surface area contributed by atoms with E-state index >= 15 is 0 Å². The highest BCUT2D eigenvalue weighted by molar-refractivity contribution is 7.14. The van der Waals surface area contributed by atoms with Crippen LogP contribution in [-0.2, 0) is 0 Å². The number of carbonyl (C=O) groups is 1. The Balaban J connectivity index is 1.39. The van der Waals surface area contributed by atoms with Crippen LogP contribution in [0.3, 0.4) is 0 Å². The predicted molar refractivity (Wildman–Crippen MR) is 111 cm³/mol. The highest BCUT2D eigenvalue weighted by atomic mass is 32.1. The summed E-state index contributed by atoms with van der Waals surface area (Å²) in [6.45, 7) is 1.02. The summed E-state index contributed by atoms with van der Waals surface area (Å²) < 4.78 is 11.1. The minimum atomic E-state index is -0.492. The van der Waals surface area contributed by atoms with E-state index in [1.807, 2.05) is 23.6 Å². The average molecular weight is 422 g/mol. The monoisotopic (exact) mass is 422 g/mol. The summed E-state index contributed by atoms with van der Waals surface area (Å²) in [6.07, 6.45) is 1.53. The Bertz CT molecular complexity index is 1300. The first-order chi connectivity index (χ1) is 14.6. The number of nitrogens with zero attached hydrogens (tertiary/aromatic N) is 2. The fourth-order valence-corrected chi connectivity index (χ4v) is 3.96. The molecule has 1 aliphatic rings. The van der Waals surface area contributed by atoms with Crippen LogP contribution in [0.4, 0.5) is 10.8 Å². The minimum absolute atomic E-state index is 0.0775. The van der Waals surface area contributed by atoms with Gasteiger partial charge in [-0.2, -0.15) is 0 Å². The van der Waals surface area contributed by atoms with Gasteiger partial charge < -0.3 is 14.5 Å². The quantitative estimate of drug-likeness (QED) is 0.375. The molecule has 1 amide bonds. The Labute approximate surface area is 173 Å². The second kappa shape index (κ2) is 7.16. The van der Waals surface area contributed by atoms with Gasteiger partial charge in [-0.3, -0.25) is 20.2 Å². The third-order valence-electron chi connectivity index (χ3n) is 4.68. The number of ether oxygens (including phenoxy) is 2. The number of nitrogens with one attached hydrogen (secondary N) is 2. The number of non-ortho nitro benzene ring substituents is 1. The number of amides is 1. The number of nitro groups is 1. The maximum absolute atomic E-state index is 12.7. The lowest BCUT2D eigenvalue weighted by molar-refractivity contribution is -0.384. The number of carbonyl (C=O) groups excluding carboxylic acids is 1. The standard InChI is InChI=1S/C20H14N4O5S/c25-19(14-9-21-15-3-2-12(24(26)27)8-13(14)15)23-20-22-16(10-30-20)11-1-4-17-18(7-11)29-6-5-28-17/h1-4,7-10,21H,5-6H2,(H,22,23,25). The van der Waals surface area contributed by atoms with Crippen LogP contribution in [0, 0.1) is 10.1 Å². The van der Waals surface area contributed by atoms with E-state index in [4.69, 9.17) is 9.47 Å². The average Bonchev–Trinajstić information content (AvgIpc) is 3.40. The van der Waals surface area contributed by atoms with Gasteiger partial charge in [-0.05, 0) is 24.3 Å². The lowest BCUT2D eigenvalue weighted by Gasteiger charge is -2.18. The van der Waals surface area contributed by atoms with E-state index in [9.17, 15) is 14.9 Å². The summed E-state index contributed by atoms with van der Waals surface area (Å²) >= 11 is 1.29. The van der Waals surface area contributed by atoms with E-state index in [1.165, 1.54) is 29.7 Å². The topological polar surface area (TPSA) is 119 Å². The van der Waals surface area contributed by atoms with Crippen molar-refractivity contribution >= 4 is 39.0 Å². The number of hydrogen-bond acceptors (Lipinski definition) is 7. The lowest BCUT2D eigenvalue weighted by Crippen LogP contribution is -2.15. The number of rotatable bonds is 4. The van der Waals surface area contributed by atoms with Gasteiger partial charge in [0.2, 0.25) is 0 Å². The molecule has 0 bridgehead atoms. The Morgan fingerprint density at radius 3 is 2.83 bits per heavy atom. The van der Waals surface area contributed by atoms with Crippen molar-refractivity contribution in [1.29, 1.82) is 0 Å². The lowest BCUT2D eigenvalue weighted by atomic mass is 10.1. The third-order valence-corrected chi connectivity index (χ3v) is 5.44. The number of fused-ring (bicyclic) bond motifs is 2. The van der Waals surface area contributed by atoms with Crippen molar-refractivity contribution in [2.75, 3.05) is 18.5 Å². The van der Waals surface area contributed by atoms with Gasteiger partial charge in [-0.25, -0.2) is 4.98 Å². The van der Waals surface area contributed by atoms with E-state index in [0.717, 1.165) is 5.56 Å². The minimum Gasteiger partial charge on any atom is -0.486 e. The Morgan fingerprint density at radius 2 is 2.00 bits per heavy atom. The highest BCUT2D eigenvalue weighted by Crippen LogP contribution is 2.35.